The first-order chi connectivity index (χ1) is 8.16. The van der Waals surface area contributed by atoms with E-state index >= 15 is 0 Å². The van der Waals surface area contributed by atoms with Crippen molar-refractivity contribution in [2.75, 3.05) is 13.1 Å². The molecule has 0 saturated carbocycles. The third-order valence-electron chi connectivity index (χ3n) is 3.44. The number of amides is 1. The van der Waals surface area contributed by atoms with Crippen LogP contribution in [-0.2, 0) is 11.2 Å². The van der Waals surface area contributed by atoms with Crippen LogP contribution in [0.25, 0.3) is 0 Å². The Bertz CT molecular complexity index is 360. The number of rotatable bonds is 5. The van der Waals surface area contributed by atoms with Crippen LogP contribution in [0.15, 0.2) is 16.8 Å². The summed E-state index contributed by atoms with van der Waals surface area (Å²) in [5, 5.41) is 10.5. The Labute approximate surface area is 107 Å². The van der Waals surface area contributed by atoms with E-state index < -0.39 is 0 Å². The van der Waals surface area contributed by atoms with E-state index in [0.29, 0.717) is 5.92 Å². The minimum absolute atomic E-state index is 0.126. The van der Waals surface area contributed by atoms with E-state index in [-0.39, 0.29) is 17.9 Å². The number of carbonyl (C=O) groups is 1. The lowest BCUT2D eigenvalue weighted by Gasteiger charge is -2.32. The Hall–Kier alpha value is -0.870. The molecule has 1 aliphatic rings. The summed E-state index contributed by atoms with van der Waals surface area (Å²) in [6.45, 7) is 6.06. The van der Waals surface area contributed by atoms with Crippen molar-refractivity contribution < 1.29 is 4.79 Å². The fourth-order valence-corrected chi connectivity index (χ4v) is 2.75. The van der Waals surface area contributed by atoms with Crippen molar-refractivity contribution in [2.24, 2.45) is 11.8 Å². The van der Waals surface area contributed by atoms with E-state index in [1.807, 2.05) is 6.92 Å². The minimum atomic E-state index is 0.126. The molecule has 0 bridgehead atoms. The van der Waals surface area contributed by atoms with Crippen LogP contribution in [0.4, 0.5) is 0 Å². The Balaban J connectivity index is 1.77. The van der Waals surface area contributed by atoms with Gasteiger partial charge >= 0.3 is 0 Å². The molecule has 4 heteroatoms. The molecule has 94 valence electrons. The van der Waals surface area contributed by atoms with E-state index in [1.165, 1.54) is 5.56 Å². The maximum absolute atomic E-state index is 12.0. The van der Waals surface area contributed by atoms with Gasteiger partial charge in [-0.25, -0.2) is 0 Å². The number of thiophene rings is 1. The van der Waals surface area contributed by atoms with Crippen LogP contribution in [0.5, 0.6) is 0 Å². The third kappa shape index (κ3) is 3.30. The van der Waals surface area contributed by atoms with Crippen LogP contribution >= 0.6 is 11.3 Å². The lowest BCUT2D eigenvalue weighted by Crippen LogP contribution is -2.50. The van der Waals surface area contributed by atoms with Crippen molar-refractivity contribution in [1.82, 2.24) is 10.6 Å². The van der Waals surface area contributed by atoms with E-state index in [4.69, 9.17) is 0 Å². The van der Waals surface area contributed by atoms with Gasteiger partial charge in [0.2, 0.25) is 5.91 Å². The quantitative estimate of drug-likeness (QED) is 0.836. The molecule has 0 aliphatic carbocycles. The molecule has 1 aromatic rings. The molecule has 1 saturated heterocycles. The van der Waals surface area contributed by atoms with E-state index in [0.717, 1.165) is 19.5 Å². The molecule has 2 rings (SSSR count). The average Bonchev–Trinajstić information content (AvgIpc) is 2.67. The molecule has 1 aromatic heterocycles. The lowest BCUT2D eigenvalue weighted by molar-refractivity contribution is -0.127. The molecule has 3 nitrogen and oxygen atoms in total. The van der Waals surface area contributed by atoms with Crippen LogP contribution in [0.3, 0.4) is 0 Å². The van der Waals surface area contributed by atoms with Gasteiger partial charge in [-0.3, -0.25) is 4.79 Å². The molecule has 0 spiro atoms. The van der Waals surface area contributed by atoms with Gasteiger partial charge in [0.1, 0.15) is 0 Å². The molecule has 1 fully saturated rings. The van der Waals surface area contributed by atoms with Gasteiger partial charge in [0.05, 0.1) is 0 Å². The summed E-state index contributed by atoms with van der Waals surface area (Å²) in [6, 6.07) is 2.33. The SMILES string of the molecule is CC(Cc1ccsc1)NC(=O)C(C)C1CNC1. The highest BCUT2D eigenvalue weighted by molar-refractivity contribution is 7.07. The predicted octanol–water partition coefficient (Wildman–Crippen LogP) is 1.65. The van der Waals surface area contributed by atoms with Gasteiger partial charge in [0, 0.05) is 12.0 Å². The monoisotopic (exact) mass is 252 g/mol. The van der Waals surface area contributed by atoms with Crippen molar-refractivity contribution in [3.05, 3.63) is 22.4 Å². The van der Waals surface area contributed by atoms with Crippen LogP contribution in [0.1, 0.15) is 19.4 Å². The second-order valence-corrected chi connectivity index (χ2v) is 5.73. The van der Waals surface area contributed by atoms with Gasteiger partial charge in [-0.05, 0) is 54.7 Å². The van der Waals surface area contributed by atoms with Crippen molar-refractivity contribution in [3.63, 3.8) is 0 Å². The fourth-order valence-electron chi connectivity index (χ4n) is 2.07. The summed E-state index contributed by atoms with van der Waals surface area (Å²) < 4.78 is 0. The normalized spacial score (nSPS) is 19.4. The molecule has 2 N–H and O–H groups in total. The summed E-state index contributed by atoms with van der Waals surface area (Å²) in [5.41, 5.74) is 1.31. The maximum Gasteiger partial charge on any atom is 0.223 e. The number of hydrogen-bond donors (Lipinski definition) is 2. The fraction of sp³-hybridized carbons (Fsp3) is 0.615. The molecule has 0 aromatic carbocycles. The molecular formula is C13H20N2OS. The molecule has 2 heterocycles. The molecule has 1 amide bonds. The van der Waals surface area contributed by atoms with Crippen molar-refractivity contribution in [1.29, 1.82) is 0 Å². The summed E-state index contributed by atoms with van der Waals surface area (Å²) in [6.07, 6.45) is 0.922. The third-order valence-corrected chi connectivity index (χ3v) is 4.18. The largest absolute Gasteiger partial charge is 0.353 e. The number of nitrogens with one attached hydrogen (secondary N) is 2. The van der Waals surface area contributed by atoms with Crippen molar-refractivity contribution in [2.45, 2.75) is 26.3 Å². The average molecular weight is 252 g/mol. The topological polar surface area (TPSA) is 41.1 Å². The summed E-state index contributed by atoms with van der Waals surface area (Å²) in [5.74, 6) is 0.837. The molecule has 2 unspecified atom stereocenters. The van der Waals surface area contributed by atoms with Crippen LogP contribution in [0, 0.1) is 11.8 Å². The Morgan fingerprint density at radius 3 is 2.88 bits per heavy atom. The van der Waals surface area contributed by atoms with Crippen LogP contribution in [-0.4, -0.2) is 25.0 Å². The smallest absolute Gasteiger partial charge is 0.223 e. The second kappa shape index (κ2) is 5.65. The van der Waals surface area contributed by atoms with Crippen molar-refractivity contribution in [3.8, 4) is 0 Å². The zero-order chi connectivity index (χ0) is 12.3. The molecule has 2 atom stereocenters. The summed E-state index contributed by atoms with van der Waals surface area (Å²) in [7, 11) is 0. The van der Waals surface area contributed by atoms with E-state index in [1.54, 1.807) is 11.3 Å². The predicted molar refractivity (Wildman–Crippen MR) is 71.2 cm³/mol. The van der Waals surface area contributed by atoms with Gasteiger partial charge in [0.25, 0.3) is 0 Å². The van der Waals surface area contributed by atoms with Gasteiger partial charge < -0.3 is 10.6 Å². The van der Waals surface area contributed by atoms with Crippen LogP contribution < -0.4 is 10.6 Å². The molecular weight excluding hydrogens is 232 g/mol. The zero-order valence-electron chi connectivity index (χ0n) is 10.4. The van der Waals surface area contributed by atoms with Crippen molar-refractivity contribution >= 4 is 17.2 Å². The molecule has 1 aliphatic heterocycles. The first kappa shape index (κ1) is 12.6. The van der Waals surface area contributed by atoms with E-state index in [2.05, 4.69) is 34.4 Å². The Kier molecular flexibility index (Phi) is 4.18. The van der Waals surface area contributed by atoms with Gasteiger partial charge in [-0.1, -0.05) is 6.92 Å². The van der Waals surface area contributed by atoms with E-state index in [9.17, 15) is 4.79 Å². The highest BCUT2D eigenvalue weighted by Gasteiger charge is 2.29. The van der Waals surface area contributed by atoms with Gasteiger partial charge in [-0.2, -0.15) is 11.3 Å². The highest BCUT2D eigenvalue weighted by atomic mass is 32.1. The standard InChI is InChI=1S/C13H20N2OS/c1-9(5-11-3-4-17-8-11)15-13(16)10(2)12-6-14-7-12/h3-4,8-10,12,14H,5-7H2,1-2H3,(H,15,16). The minimum Gasteiger partial charge on any atom is -0.353 e. The first-order valence-electron chi connectivity index (χ1n) is 6.19. The second-order valence-electron chi connectivity index (χ2n) is 4.95. The first-order valence-corrected chi connectivity index (χ1v) is 7.13. The zero-order valence-corrected chi connectivity index (χ0v) is 11.2. The van der Waals surface area contributed by atoms with Gasteiger partial charge in [0.15, 0.2) is 0 Å². The van der Waals surface area contributed by atoms with Gasteiger partial charge in [-0.15, -0.1) is 0 Å². The summed E-state index contributed by atoms with van der Waals surface area (Å²) >= 11 is 1.70. The maximum atomic E-state index is 12.0. The number of carbonyl (C=O) groups excluding carboxylic acids is 1. The molecule has 17 heavy (non-hydrogen) atoms. The Morgan fingerprint density at radius 2 is 2.35 bits per heavy atom. The Morgan fingerprint density at radius 1 is 1.59 bits per heavy atom. The lowest BCUT2D eigenvalue weighted by atomic mass is 9.88. The summed E-state index contributed by atoms with van der Waals surface area (Å²) in [4.78, 5) is 12.0. The highest BCUT2D eigenvalue weighted by Crippen LogP contribution is 2.16. The van der Waals surface area contributed by atoms with Crippen LogP contribution in [0.2, 0.25) is 0 Å². The number of hydrogen-bond acceptors (Lipinski definition) is 3. The molecule has 0 radical (unpaired) electrons.